The second kappa shape index (κ2) is 12.8. The minimum absolute atomic E-state index is 0.0720. The van der Waals surface area contributed by atoms with Crippen LogP contribution in [0.15, 0.2) is 42.5 Å². The summed E-state index contributed by atoms with van der Waals surface area (Å²) in [5, 5.41) is 3.54. The van der Waals surface area contributed by atoms with Gasteiger partial charge in [-0.15, -0.1) is 0 Å². The number of methoxy groups -OCH3 is 1. The molecule has 0 spiro atoms. The van der Waals surface area contributed by atoms with Crippen molar-refractivity contribution in [2.24, 2.45) is 0 Å². The van der Waals surface area contributed by atoms with Crippen LogP contribution in [0.5, 0.6) is 5.75 Å². The summed E-state index contributed by atoms with van der Waals surface area (Å²) in [6, 6.07) is 10.7. The minimum Gasteiger partial charge on any atom is -0.497 e. The zero-order valence-electron chi connectivity index (χ0n) is 21.2. The molecule has 1 fully saturated rings. The molecule has 0 heterocycles. The van der Waals surface area contributed by atoms with Crippen LogP contribution in [0, 0.1) is 0 Å². The van der Waals surface area contributed by atoms with Gasteiger partial charge < -0.3 is 15.0 Å². The molecule has 1 saturated carbocycles. The molecule has 202 valence electrons. The number of sulfonamides is 1. The first-order valence-corrected chi connectivity index (χ1v) is 14.7. The van der Waals surface area contributed by atoms with E-state index in [4.69, 9.17) is 27.9 Å². The zero-order valence-corrected chi connectivity index (χ0v) is 23.6. The normalized spacial score (nSPS) is 15.1. The highest BCUT2D eigenvalue weighted by molar-refractivity contribution is 7.92. The van der Waals surface area contributed by atoms with Gasteiger partial charge in [-0.1, -0.05) is 54.6 Å². The van der Waals surface area contributed by atoms with Crippen molar-refractivity contribution in [3.05, 3.63) is 58.1 Å². The Morgan fingerprint density at radius 2 is 1.65 bits per heavy atom. The van der Waals surface area contributed by atoms with Gasteiger partial charge in [0.1, 0.15) is 18.3 Å². The number of hydrogen-bond acceptors (Lipinski definition) is 5. The van der Waals surface area contributed by atoms with Crippen LogP contribution in [0.3, 0.4) is 0 Å². The zero-order chi connectivity index (χ0) is 27.2. The van der Waals surface area contributed by atoms with E-state index in [0.717, 1.165) is 48.2 Å². The van der Waals surface area contributed by atoms with Crippen molar-refractivity contribution in [2.45, 2.75) is 57.7 Å². The second-order valence-corrected chi connectivity index (χ2v) is 12.1. The van der Waals surface area contributed by atoms with E-state index < -0.39 is 28.5 Å². The molecule has 1 N–H and O–H groups in total. The van der Waals surface area contributed by atoms with Gasteiger partial charge in [0.25, 0.3) is 0 Å². The van der Waals surface area contributed by atoms with E-state index in [9.17, 15) is 18.0 Å². The Hall–Kier alpha value is -2.49. The highest BCUT2D eigenvalue weighted by atomic mass is 35.5. The number of halogens is 2. The molecule has 8 nitrogen and oxygen atoms in total. The fourth-order valence-electron chi connectivity index (χ4n) is 4.38. The maximum Gasteiger partial charge on any atom is 0.244 e. The van der Waals surface area contributed by atoms with Crippen molar-refractivity contribution in [3.8, 4) is 5.75 Å². The third kappa shape index (κ3) is 8.25. The summed E-state index contributed by atoms with van der Waals surface area (Å²) in [6.07, 6.45) is 6.07. The number of benzene rings is 2. The van der Waals surface area contributed by atoms with Crippen molar-refractivity contribution in [1.82, 2.24) is 10.2 Å². The molecule has 0 aromatic heterocycles. The first-order valence-electron chi connectivity index (χ1n) is 12.1. The van der Waals surface area contributed by atoms with Gasteiger partial charge in [-0.05, 0) is 55.7 Å². The fourth-order valence-corrected chi connectivity index (χ4v) is 5.72. The highest BCUT2D eigenvalue weighted by Crippen LogP contribution is 2.27. The Labute approximate surface area is 228 Å². The predicted molar refractivity (Wildman–Crippen MR) is 147 cm³/mol. The summed E-state index contributed by atoms with van der Waals surface area (Å²) in [5.41, 5.74) is 0.931. The van der Waals surface area contributed by atoms with E-state index in [1.165, 1.54) is 23.1 Å². The Kier molecular flexibility index (Phi) is 10.1. The molecule has 2 aromatic carbocycles. The first-order chi connectivity index (χ1) is 17.5. The Balaban J connectivity index is 1.89. The second-order valence-electron chi connectivity index (χ2n) is 9.29. The van der Waals surface area contributed by atoms with Gasteiger partial charge in [-0.2, -0.15) is 0 Å². The topological polar surface area (TPSA) is 96.0 Å². The quantitative estimate of drug-likeness (QED) is 0.449. The predicted octanol–water partition coefficient (Wildman–Crippen LogP) is 4.63. The molecule has 1 aliphatic rings. The molecule has 0 unspecified atom stereocenters. The molecule has 0 aliphatic heterocycles. The summed E-state index contributed by atoms with van der Waals surface area (Å²) in [7, 11) is -2.32. The number of carbonyl (C=O) groups excluding carboxylic acids is 2. The summed E-state index contributed by atoms with van der Waals surface area (Å²) in [6.45, 7) is 1.24. The Bertz CT molecular complexity index is 1180. The smallest absolute Gasteiger partial charge is 0.244 e. The lowest BCUT2D eigenvalue weighted by Crippen LogP contribution is -2.52. The lowest BCUT2D eigenvalue weighted by atomic mass is 9.95. The molecule has 2 amide bonds. The summed E-state index contributed by atoms with van der Waals surface area (Å²) < 4.78 is 31.5. The average Bonchev–Trinajstić information content (AvgIpc) is 2.85. The van der Waals surface area contributed by atoms with Gasteiger partial charge in [-0.3, -0.25) is 13.9 Å². The molecule has 0 bridgehead atoms. The monoisotopic (exact) mass is 569 g/mol. The van der Waals surface area contributed by atoms with Gasteiger partial charge >= 0.3 is 0 Å². The number of nitrogens with one attached hydrogen (secondary N) is 1. The van der Waals surface area contributed by atoms with Crippen LogP contribution in [0.2, 0.25) is 10.0 Å². The van der Waals surface area contributed by atoms with Crippen molar-refractivity contribution in [2.75, 3.05) is 24.2 Å². The van der Waals surface area contributed by atoms with E-state index in [2.05, 4.69) is 5.32 Å². The molecule has 11 heteroatoms. The van der Waals surface area contributed by atoms with E-state index >= 15 is 0 Å². The number of rotatable bonds is 10. The maximum absolute atomic E-state index is 13.7. The van der Waals surface area contributed by atoms with Crippen molar-refractivity contribution in [1.29, 1.82) is 0 Å². The van der Waals surface area contributed by atoms with Crippen molar-refractivity contribution in [3.63, 3.8) is 0 Å². The van der Waals surface area contributed by atoms with Crippen molar-refractivity contribution >= 4 is 50.7 Å². The van der Waals surface area contributed by atoms with Gasteiger partial charge in [0.15, 0.2) is 0 Å². The van der Waals surface area contributed by atoms with E-state index in [1.54, 1.807) is 38.3 Å². The van der Waals surface area contributed by atoms with Crippen molar-refractivity contribution < 1.29 is 22.7 Å². The number of ether oxygens (including phenoxy) is 1. The maximum atomic E-state index is 13.7. The Morgan fingerprint density at radius 3 is 2.19 bits per heavy atom. The van der Waals surface area contributed by atoms with Crippen LogP contribution < -0.4 is 14.4 Å². The molecule has 0 radical (unpaired) electrons. The lowest BCUT2D eigenvalue weighted by molar-refractivity contribution is -0.139. The molecule has 2 aromatic rings. The SMILES string of the molecule is COc1ccc(CN(C(=O)CN(c2cc(Cl)cc(Cl)c2)S(C)(=O)=O)[C@@H](C)C(=O)NC2CCCCC2)cc1. The Morgan fingerprint density at radius 1 is 1.05 bits per heavy atom. The number of nitrogens with zero attached hydrogens (tertiary/aromatic N) is 2. The molecule has 3 rings (SSSR count). The van der Waals surface area contributed by atoms with Crippen LogP contribution in [0.25, 0.3) is 0 Å². The number of hydrogen-bond donors (Lipinski definition) is 1. The van der Waals surface area contributed by atoms with Crippen LogP contribution >= 0.6 is 23.2 Å². The third-order valence-electron chi connectivity index (χ3n) is 6.45. The largest absolute Gasteiger partial charge is 0.497 e. The average molecular weight is 571 g/mol. The molecular formula is C26H33Cl2N3O5S. The first kappa shape index (κ1) is 29.1. The molecule has 1 atom stereocenters. The van der Waals surface area contributed by atoms with Crippen LogP contribution in [0.1, 0.15) is 44.6 Å². The fraction of sp³-hybridized carbons (Fsp3) is 0.462. The molecule has 37 heavy (non-hydrogen) atoms. The van der Waals surface area contributed by atoms with Crippen LogP contribution in [0.4, 0.5) is 5.69 Å². The van der Waals surface area contributed by atoms with Gasteiger partial charge in [0.05, 0.1) is 19.1 Å². The van der Waals surface area contributed by atoms with Gasteiger partial charge in [-0.25, -0.2) is 8.42 Å². The van der Waals surface area contributed by atoms with E-state index in [0.29, 0.717) is 5.75 Å². The van der Waals surface area contributed by atoms with Gasteiger partial charge in [0, 0.05) is 22.6 Å². The molecule has 1 aliphatic carbocycles. The third-order valence-corrected chi connectivity index (χ3v) is 8.02. The molecule has 0 saturated heterocycles. The van der Waals surface area contributed by atoms with Crippen LogP contribution in [-0.4, -0.2) is 57.1 Å². The summed E-state index contributed by atoms with van der Waals surface area (Å²) >= 11 is 12.2. The van der Waals surface area contributed by atoms with Crippen LogP contribution in [-0.2, 0) is 26.2 Å². The summed E-state index contributed by atoms with van der Waals surface area (Å²) in [4.78, 5) is 28.2. The minimum atomic E-state index is -3.88. The van der Waals surface area contributed by atoms with Gasteiger partial charge in [0.2, 0.25) is 21.8 Å². The number of amides is 2. The molecular weight excluding hydrogens is 537 g/mol. The van der Waals surface area contributed by atoms with E-state index in [1.807, 2.05) is 0 Å². The number of carbonyl (C=O) groups is 2. The number of anilines is 1. The highest BCUT2D eigenvalue weighted by Gasteiger charge is 2.31. The standard InChI is InChI=1S/C26H33Cl2N3O5S/c1-18(26(33)29-22-7-5-4-6-8-22)30(16-19-9-11-24(36-2)12-10-19)25(32)17-31(37(3,34)35)23-14-20(27)13-21(28)15-23/h9-15,18,22H,4-8,16-17H2,1-3H3,(H,29,33)/t18-/m0/s1. The summed E-state index contributed by atoms with van der Waals surface area (Å²) in [5.74, 6) is -0.153. The van der Waals surface area contributed by atoms with E-state index in [-0.39, 0.29) is 34.2 Å². The lowest BCUT2D eigenvalue weighted by Gasteiger charge is -2.33.